The Morgan fingerprint density at radius 3 is 2.59 bits per heavy atom. The standard InChI is InChI=1S/C23H25N5O/c29-27-20-8-7-17-18(20)5-4-6-19(17)23-22(16-9-11-24-12-10-16)25-21(26-23)15-28-13-2-1-3-14-28/h4-6,9-12,29H,1-3,7-8,13-15H2,(H,25,26)/b27-20+. The number of aromatic amines is 1. The van der Waals surface area contributed by atoms with Gasteiger partial charge >= 0.3 is 0 Å². The molecule has 3 heterocycles. The van der Waals surface area contributed by atoms with Crippen LogP contribution < -0.4 is 0 Å². The van der Waals surface area contributed by atoms with Crippen LogP contribution in [-0.4, -0.2) is 43.9 Å². The van der Waals surface area contributed by atoms with Gasteiger partial charge in [0, 0.05) is 29.1 Å². The summed E-state index contributed by atoms with van der Waals surface area (Å²) in [5.41, 5.74) is 7.23. The second-order valence-electron chi connectivity index (χ2n) is 7.86. The van der Waals surface area contributed by atoms with Crippen LogP contribution in [0.4, 0.5) is 0 Å². The van der Waals surface area contributed by atoms with Gasteiger partial charge in [-0.3, -0.25) is 9.88 Å². The Kier molecular flexibility index (Phi) is 4.86. The summed E-state index contributed by atoms with van der Waals surface area (Å²) >= 11 is 0. The van der Waals surface area contributed by atoms with E-state index < -0.39 is 0 Å². The Morgan fingerprint density at radius 1 is 1.00 bits per heavy atom. The normalized spacial score (nSPS) is 18.3. The Bertz CT molecular complexity index is 1030. The van der Waals surface area contributed by atoms with Crippen molar-refractivity contribution < 1.29 is 5.21 Å². The van der Waals surface area contributed by atoms with Crippen molar-refractivity contribution in [2.45, 2.75) is 38.6 Å². The summed E-state index contributed by atoms with van der Waals surface area (Å²) < 4.78 is 0. The topological polar surface area (TPSA) is 77.4 Å². The fraction of sp³-hybridized carbons (Fsp3) is 0.348. The monoisotopic (exact) mass is 387 g/mol. The molecule has 5 rings (SSSR count). The van der Waals surface area contributed by atoms with E-state index in [4.69, 9.17) is 4.98 Å². The molecule has 29 heavy (non-hydrogen) atoms. The van der Waals surface area contributed by atoms with Crippen LogP contribution in [0.3, 0.4) is 0 Å². The van der Waals surface area contributed by atoms with E-state index in [1.165, 1.54) is 24.8 Å². The van der Waals surface area contributed by atoms with Crippen molar-refractivity contribution in [3.8, 4) is 22.5 Å². The molecule has 2 aliphatic rings. The zero-order valence-corrected chi connectivity index (χ0v) is 16.4. The van der Waals surface area contributed by atoms with Crippen LogP contribution in [0, 0.1) is 0 Å². The zero-order valence-electron chi connectivity index (χ0n) is 16.4. The van der Waals surface area contributed by atoms with E-state index in [1.54, 1.807) is 0 Å². The van der Waals surface area contributed by atoms with Gasteiger partial charge in [0.1, 0.15) is 5.82 Å². The number of benzene rings is 1. The molecule has 0 amide bonds. The summed E-state index contributed by atoms with van der Waals surface area (Å²) in [4.78, 5) is 15.3. The predicted octanol–water partition coefficient (Wildman–Crippen LogP) is 4.25. The zero-order chi connectivity index (χ0) is 19.6. The maximum absolute atomic E-state index is 9.35. The first-order valence-corrected chi connectivity index (χ1v) is 10.4. The van der Waals surface area contributed by atoms with Crippen molar-refractivity contribution in [2.24, 2.45) is 5.16 Å². The number of imidazole rings is 1. The fourth-order valence-electron chi connectivity index (χ4n) is 4.58. The van der Waals surface area contributed by atoms with E-state index in [1.807, 2.05) is 36.7 Å². The van der Waals surface area contributed by atoms with Crippen LogP contribution in [0.25, 0.3) is 22.5 Å². The van der Waals surface area contributed by atoms with Crippen LogP contribution in [0.15, 0.2) is 47.9 Å². The number of likely N-dealkylation sites (tertiary alicyclic amines) is 1. The number of pyridine rings is 1. The van der Waals surface area contributed by atoms with Crippen LogP contribution in [0.5, 0.6) is 0 Å². The van der Waals surface area contributed by atoms with Gasteiger partial charge in [0.25, 0.3) is 0 Å². The maximum Gasteiger partial charge on any atom is 0.121 e. The minimum atomic E-state index is 0.764. The minimum absolute atomic E-state index is 0.764. The first-order valence-electron chi connectivity index (χ1n) is 10.4. The molecule has 2 N–H and O–H groups in total. The lowest BCUT2D eigenvalue weighted by Crippen LogP contribution is -2.29. The average Bonchev–Trinajstić information content (AvgIpc) is 3.39. The molecular formula is C23H25N5O. The molecule has 3 aromatic rings. The van der Waals surface area contributed by atoms with Gasteiger partial charge in [0.05, 0.1) is 23.6 Å². The Labute approximate surface area is 170 Å². The molecular weight excluding hydrogens is 362 g/mol. The highest BCUT2D eigenvalue weighted by atomic mass is 16.4. The summed E-state index contributed by atoms with van der Waals surface area (Å²) in [5, 5.41) is 12.9. The number of hydrogen-bond acceptors (Lipinski definition) is 5. The number of nitrogens with zero attached hydrogens (tertiary/aromatic N) is 4. The second kappa shape index (κ2) is 7.79. The third-order valence-electron chi connectivity index (χ3n) is 6.02. The molecule has 6 heteroatoms. The van der Waals surface area contributed by atoms with Gasteiger partial charge in [-0.05, 0) is 56.5 Å². The Balaban J connectivity index is 1.60. The number of rotatable bonds is 4. The molecule has 1 aliphatic heterocycles. The van der Waals surface area contributed by atoms with E-state index in [0.717, 1.165) is 72.1 Å². The summed E-state index contributed by atoms with van der Waals surface area (Å²) in [6.07, 6.45) is 9.12. The molecule has 1 saturated heterocycles. The Hall–Kier alpha value is -2.99. The largest absolute Gasteiger partial charge is 0.411 e. The molecule has 1 fully saturated rings. The predicted molar refractivity (Wildman–Crippen MR) is 113 cm³/mol. The molecule has 1 aromatic carbocycles. The van der Waals surface area contributed by atoms with Gasteiger partial charge < -0.3 is 10.2 Å². The number of hydrogen-bond donors (Lipinski definition) is 2. The lowest BCUT2D eigenvalue weighted by molar-refractivity contribution is 0.216. The molecule has 0 atom stereocenters. The van der Waals surface area contributed by atoms with Crippen LogP contribution in [0.1, 0.15) is 42.6 Å². The lowest BCUT2D eigenvalue weighted by atomic mass is 9.98. The van der Waals surface area contributed by atoms with Crippen molar-refractivity contribution in [1.82, 2.24) is 19.9 Å². The highest BCUT2D eigenvalue weighted by molar-refractivity contribution is 6.06. The number of piperidine rings is 1. The number of oxime groups is 1. The van der Waals surface area contributed by atoms with Gasteiger partial charge in [-0.1, -0.05) is 29.8 Å². The van der Waals surface area contributed by atoms with Gasteiger partial charge in [0.2, 0.25) is 0 Å². The molecule has 0 bridgehead atoms. The third-order valence-corrected chi connectivity index (χ3v) is 6.02. The molecule has 0 unspecified atom stereocenters. The van der Waals surface area contributed by atoms with Crippen LogP contribution in [-0.2, 0) is 13.0 Å². The second-order valence-corrected chi connectivity index (χ2v) is 7.86. The number of aromatic nitrogens is 3. The number of nitrogens with one attached hydrogen (secondary N) is 1. The average molecular weight is 387 g/mol. The third kappa shape index (κ3) is 3.44. The molecule has 2 aromatic heterocycles. The van der Waals surface area contributed by atoms with Crippen LogP contribution >= 0.6 is 0 Å². The van der Waals surface area contributed by atoms with Crippen molar-refractivity contribution in [1.29, 1.82) is 0 Å². The van der Waals surface area contributed by atoms with Crippen molar-refractivity contribution in [3.63, 3.8) is 0 Å². The van der Waals surface area contributed by atoms with E-state index in [0.29, 0.717) is 0 Å². The number of H-pyrrole nitrogens is 1. The van der Waals surface area contributed by atoms with Gasteiger partial charge in [0.15, 0.2) is 0 Å². The Morgan fingerprint density at radius 2 is 1.79 bits per heavy atom. The van der Waals surface area contributed by atoms with E-state index in [-0.39, 0.29) is 0 Å². The molecule has 148 valence electrons. The van der Waals surface area contributed by atoms with Gasteiger partial charge in [-0.25, -0.2) is 4.98 Å². The molecule has 0 radical (unpaired) electrons. The maximum atomic E-state index is 9.35. The smallest absolute Gasteiger partial charge is 0.121 e. The molecule has 1 aliphatic carbocycles. The number of fused-ring (bicyclic) bond motifs is 1. The van der Waals surface area contributed by atoms with Crippen molar-refractivity contribution in [3.05, 3.63) is 59.7 Å². The van der Waals surface area contributed by atoms with Gasteiger partial charge in [-0.15, -0.1) is 0 Å². The summed E-state index contributed by atoms with van der Waals surface area (Å²) in [5.74, 6) is 1.00. The quantitative estimate of drug-likeness (QED) is 0.518. The fourth-order valence-corrected chi connectivity index (χ4v) is 4.58. The summed E-state index contributed by atoms with van der Waals surface area (Å²) in [6, 6.07) is 10.2. The van der Waals surface area contributed by atoms with Crippen molar-refractivity contribution in [2.75, 3.05) is 13.1 Å². The molecule has 6 nitrogen and oxygen atoms in total. The van der Waals surface area contributed by atoms with E-state index in [2.05, 4.69) is 26.1 Å². The first-order chi connectivity index (χ1) is 14.3. The van der Waals surface area contributed by atoms with Crippen LogP contribution in [0.2, 0.25) is 0 Å². The summed E-state index contributed by atoms with van der Waals surface area (Å²) in [7, 11) is 0. The SMILES string of the molecule is O/N=C1\CCc2c1cccc2-c1[nH]c(CN2CCCCC2)nc1-c1ccncc1. The van der Waals surface area contributed by atoms with E-state index in [9.17, 15) is 5.21 Å². The molecule has 0 saturated carbocycles. The first kappa shape index (κ1) is 18.1. The summed E-state index contributed by atoms with van der Waals surface area (Å²) in [6.45, 7) is 3.12. The highest BCUT2D eigenvalue weighted by Gasteiger charge is 2.25. The van der Waals surface area contributed by atoms with Gasteiger partial charge in [-0.2, -0.15) is 0 Å². The van der Waals surface area contributed by atoms with E-state index >= 15 is 0 Å². The minimum Gasteiger partial charge on any atom is -0.411 e. The highest BCUT2D eigenvalue weighted by Crippen LogP contribution is 2.37. The van der Waals surface area contributed by atoms with Crippen molar-refractivity contribution >= 4 is 5.71 Å². The molecule has 0 spiro atoms. The lowest BCUT2D eigenvalue weighted by Gasteiger charge is -2.25.